The number of anilines is 1. The van der Waals surface area contributed by atoms with E-state index < -0.39 is 0 Å². The number of likely N-dealkylation sites (tertiary alicyclic amines) is 1. The molecule has 2 N–H and O–H groups in total. The van der Waals surface area contributed by atoms with Crippen molar-refractivity contribution in [2.24, 2.45) is 10.9 Å². The summed E-state index contributed by atoms with van der Waals surface area (Å²) in [4.78, 5) is 9.20. The molecule has 3 rings (SSSR count). The predicted molar refractivity (Wildman–Crippen MR) is 115 cm³/mol. The van der Waals surface area contributed by atoms with Gasteiger partial charge in [0.05, 0.1) is 14.2 Å². The fraction of sp³-hybridized carbons (Fsp3) is 0.667. The van der Waals surface area contributed by atoms with Gasteiger partial charge in [-0.1, -0.05) is 0 Å². The summed E-state index contributed by atoms with van der Waals surface area (Å²) in [6.45, 7) is 5.32. The smallest absolute Gasteiger partial charge is 0.191 e. The maximum atomic E-state index is 5.41. The summed E-state index contributed by atoms with van der Waals surface area (Å²) in [6, 6.07) is 6.42. The minimum absolute atomic E-state index is 0.376. The number of rotatable bonds is 6. The van der Waals surface area contributed by atoms with Crippen LogP contribution < -0.4 is 25.0 Å². The number of hydrogen-bond acceptors (Lipinski definition) is 5. The van der Waals surface area contributed by atoms with Gasteiger partial charge in [0.25, 0.3) is 0 Å². The van der Waals surface area contributed by atoms with Crippen molar-refractivity contribution in [2.45, 2.75) is 25.3 Å². The summed E-state index contributed by atoms with van der Waals surface area (Å²) in [5.41, 5.74) is 1.13. The number of guanidine groups is 1. The second kappa shape index (κ2) is 9.87. The Morgan fingerprint density at radius 3 is 2.36 bits per heavy atom. The van der Waals surface area contributed by atoms with Crippen LogP contribution in [0, 0.1) is 5.92 Å². The van der Waals surface area contributed by atoms with Crippen LogP contribution in [0.2, 0.25) is 0 Å². The summed E-state index contributed by atoms with van der Waals surface area (Å²) in [7, 11) is 7.43. The summed E-state index contributed by atoms with van der Waals surface area (Å²) in [5.74, 6) is 3.29. The van der Waals surface area contributed by atoms with Crippen molar-refractivity contribution >= 4 is 11.6 Å². The van der Waals surface area contributed by atoms with Gasteiger partial charge in [-0.25, -0.2) is 0 Å². The Bertz CT molecular complexity index is 636. The molecule has 0 spiro atoms. The average molecular weight is 390 g/mol. The first-order valence-electron chi connectivity index (χ1n) is 10.2. The van der Waals surface area contributed by atoms with Crippen LogP contribution in [-0.2, 0) is 0 Å². The van der Waals surface area contributed by atoms with Crippen LogP contribution in [0.1, 0.15) is 19.3 Å². The van der Waals surface area contributed by atoms with Crippen molar-refractivity contribution < 1.29 is 9.47 Å². The third kappa shape index (κ3) is 5.44. The molecule has 0 saturated carbocycles. The summed E-state index contributed by atoms with van der Waals surface area (Å²) in [5, 5.41) is 7.13. The second-order valence-electron chi connectivity index (χ2n) is 7.85. The predicted octanol–water partition coefficient (Wildman–Crippen LogP) is 1.79. The molecule has 0 amide bonds. The van der Waals surface area contributed by atoms with Crippen LogP contribution in [0.25, 0.3) is 0 Å². The maximum Gasteiger partial charge on any atom is 0.191 e. The molecule has 2 aliphatic heterocycles. The number of benzene rings is 1. The van der Waals surface area contributed by atoms with E-state index in [1.54, 1.807) is 14.2 Å². The molecule has 156 valence electrons. The van der Waals surface area contributed by atoms with E-state index in [1.807, 2.05) is 13.1 Å². The molecule has 0 bridgehead atoms. The lowest BCUT2D eigenvalue weighted by Gasteiger charge is -2.29. The molecular weight excluding hydrogens is 354 g/mol. The number of nitrogens with one attached hydrogen (secondary N) is 2. The van der Waals surface area contributed by atoms with E-state index in [9.17, 15) is 0 Å². The molecule has 1 atom stereocenters. The highest BCUT2D eigenvalue weighted by molar-refractivity contribution is 5.80. The van der Waals surface area contributed by atoms with Gasteiger partial charge >= 0.3 is 0 Å². The molecule has 1 unspecified atom stereocenters. The van der Waals surface area contributed by atoms with Crippen LogP contribution in [0.3, 0.4) is 0 Å². The molecule has 7 nitrogen and oxygen atoms in total. The summed E-state index contributed by atoms with van der Waals surface area (Å²) in [6.07, 6.45) is 3.60. The largest absolute Gasteiger partial charge is 0.497 e. The number of nitrogens with zero attached hydrogens (tertiary/aromatic N) is 3. The van der Waals surface area contributed by atoms with E-state index in [1.165, 1.54) is 25.9 Å². The zero-order chi connectivity index (χ0) is 19.9. The fourth-order valence-electron chi connectivity index (χ4n) is 3.98. The van der Waals surface area contributed by atoms with Crippen molar-refractivity contribution in [3.8, 4) is 11.5 Å². The number of piperidine rings is 1. The zero-order valence-corrected chi connectivity index (χ0v) is 17.7. The Hall–Kier alpha value is -2.15. The first-order valence-corrected chi connectivity index (χ1v) is 10.2. The first kappa shape index (κ1) is 20.6. The quantitative estimate of drug-likeness (QED) is 0.571. The second-order valence-corrected chi connectivity index (χ2v) is 7.85. The minimum atomic E-state index is 0.376. The monoisotopic (exact) mass is 389 g/mol. The molecule has 2 heterocycles. The topological polar surface area (TPSA) is 61.4 Å². The SMILES string of the molecule is CN=C(NCC1CCN(C)CC1)NC1CCN(c2cc(OC)cc(OC)c2)C1. The third-order valence-electron chi connectivity index (χ3n) is 5.85. The fourth-order valence-corrected chi connectivity index (χ4v) is 3.98. The van der Waals surface area contributed by atoms with Gasteiger partial charge in [-0.05, 0) is 45.3 Å². The average Bonchev–Trinajstić information content (AvgIpc) is 3.20. The van der Waals surface area contributed by atoms with E-state index in [0.717, 1.165) is 55.1 Å². The highest BCUT2D eigenvalue weighted by atomic mass is 16.5. The summed E-state index contributed by atoms with van der Waals surface area (Å²) < 4.78 is 10.8. The third-order valence-corrected chi connectivity index (χ3v) is 5.85. The van der Waals surface area contributed by atoms with Crippen molar-refractivity contribution in [3.63, 3.8) is 0 Å². The Morgan fingerprint density at radius 2 is 1.75 bits per heavy atom. The Balaban J connectivity index is 1.50. The Labute approximate surface area is 169 Å². The summed E-state index contributed by atoms with van der Waals surface area (Å²) >= 11 is 0. The first-order chi connectivity index (χ1) is 13.6. The lowest BCUT2D eigenvalue weighted by Crippen LogP contribution is -2.46. The minimum Gasteiger partial charge on any atom is -0.497 e. The number of ether oxygens (including phenoxy) is 2. The Kier molecular flexibility index (Phi) is 7.25. The van der Waals surface area contributed by atoms with Gasteiger partial charge < -0.3 is 29.9 Å². The molecule has 2 saturated heterocycles. The van der Waals surface area contributed by atoms with Gasteiger partial charge in [0.1, 0.15) is 11.5 Å². The van der Waals surface area contributed by atoms with Gasteiger partial charge in [-0.2, -0.15) is 0 Å². The molecule has 0 radical (unpaired) electrons. The van der Waals surface area contributed by atoms with Crippen LogP contribution in [-0.4, -0.2) is 77.9 Å². The van der Waals surface area contributed by atoms with Gasteiger partial charge in [0.15, 0.2) is 5.96 Å². The van der Waals surface area contributed by atoms with Gasteiger partial charge in [-0.3, -0.25) is 4.99 Å². The van der Waals surface area contributed by atoms with Crippen molar-refractivity contribution in [3.05, 3.63) is 18.2 Å². The molecule has 2 aliphatic rings. The van der Waals surface area contributed by atoms with E-state index >= 15 is 0 Å². The van der Waals surface area contributed by atoms with Gasteiger partial charge in [0, 0.05) is 56.6 Å². The van der Waals surface area contributed by atoms with Crippen LogP contribution in [0.15, 0.2) is 23.2 Å². The lowest BCUT2D eigenvalue weighted by molar-refractivity contribution is 0.220. The maximum absolute atomic E-state index is 5.41. The van der Waals surface area contributed by atoms with Crippen molar-refractivity contribution in [1.82, 2.24) is 15.5 Å². The molecular formula is C21H35N5O2. The zero-order valence-electron chi connectivity index (χ0n) is 17.7. The van der Waals surface area contributed by atoms with Crippen LogP contribution in [0.4, 0.5) is 5.69 Å². The van der Waals surface area contributed by atoms with Crippen LogP contribution >= 0.6 is 0 Å². The highest BCUT2D eigenvalue weighted by Crippen LogP contribution is 2.30. The highest BCUT2D eigenvalue weighted by Gasteiger charge is 2.25. The van der Waals surface area contributed by atoms with Crippen LogP contribution in [0.5, 0.6) is 11.5 Å². The number of aliphatic imine (C=N–C) groups is 1. The molecule has 0 aromatic heterocycles. The van der Waals surface area contributed by atoms with E-state index in [2.05, 4.69) is 44.6 Å². The van der Waals surface area contributed by atoms with Crippen molar-refractivity contribution in [2.75, 3.05) is 65.9 Å². The lowest BCUT2D eigenvalue weighted by atomic mass is 9.97. The molecule has 28 heavy (non-hydrogen) atoms. The standard InChI is InChI=1S/C21H35N5O2/c1-22-21(23-14-16-5-8-25(2)9-6-16)24-17-7-10-26(15-17)18-11-19(27-3)13-20(12-18)28-4/h11-13,16-17H,5-10,14-15H2,1-4H3,(H2,22,23,24). The van der Waals surface area contributed by atoms with E-state index in [-0.39, 0.29) is 0 Å². The normalized spacial score (nSPS) is 21.6. The molecule has 1 aromatic rings. The molecule has 1 aromatic carbocycles. The molecule has 2 fully saturated rings. The molecule has 0 aliphatic carbocycles. The van der Waals surface area contributed by atoms with Gasteiger partial charge in [0.2, 0.25) is 0 Å². The van der Waals surface area contributed by atoms with E-state index in [0.29, 0.717) is 6.04 Å². The van der Waals surface area contributed by atoms with E-state index in [4.69, 9.17) is 9.47 Å². The Morgan fingerprint density at radius 1 is 1.07 bits per heavy atom. The number of methoxy groups -OCH3 is 2. The van der Waals surface area contributed by atoms with Gasteiger partial charge in [-0.15, -0.1) is 0 Å². The number of hydrogen-bond donors (Lipinski definition) is 2. The van der Waals surface area contributed by atoms with Crippen molar-refractivity contribution in [1.29, 1.82) is 0 Å². The molecule has 7 heteroatoms.